The van der Waals surface area contributed by atoms with Gasteiger partial charge in [0.1, 0.15) is 0 Å². The molecule has 0 aromatic rings. The molecule has 16 heavy (non-hydrogen) atoms. The molecule has 0 heteroatoms. The van der Waals surface area contributed by atoms with Crippen LogP contribution in [0.4, 0.5) is 0 Å². The van der Waals surface area contributed by atoms with E-state index in [2.05, 4.69) is 69.2 Å². The lowest BCUT2D eigenvalue weighted by atomic mass is 10.3. The topological polar surface area (TPSA) is 0 Å². The Bertz CT molecular complexity index is 42.9. The fourth-order valence-corrected chi connectivity index (χ4v) is 0. The number of rotatable bonds is 2. The first-order valence-electron chi connectivity index (χ1n) is 7.29. The van der Waals surface area contributed by atoms with E-state index in [1.165, 1.54) is 25.7 Å². The SMILES string of the molecule is CC(C)C.CC(C)C.CCCC.CCCC. The highest BCUT2D eigenvalue weighted by molar-refractivity contribution is 4.21. The highest BCUT2D eigenvalue weighted by Crippen LogP contribution is 1.81. The van der Waals surface area contributed by atoms with Crippen LogP contribution >= 0.6 is 0 Å². The molecule has 0 aliphatic carbocycles. The van der Waals surface area contributed by atoms with Crippen LogP contribution in [0.15, 0.2) is 0 Å². The van der Waals surface area contributed by atoms with E-state index < -0.39 is 0 Å². The van der Waals surface area contributed by atoms with Crippen LogP contribution in [0.5, 0.6) is 0 Å². The van der Waals surface area contributed by atoms with Crippen molar-refractivity contribution in [2.75, 3.05) is 0 Å². The van der Waals surface area contributed by atoms with E-state index in [0.717, 1.165) is 11.8 Å². The normalized spacial score (nSPS) is 8.25. The van der Waals surface area contributed by atoms with Gasteiger partial charge in [-0.1, -0.05) is 94.9 Å². The van der Waals surface area contributed by atoms with Gasteiger partial charge in [0, 0.05) is 0 Å². The van der Waals surface area contributed by atoms with Crippen LogP contribution in [-0.4, -0.2) is 0 Å². The zero-order valence-corrected chi connectivity index (χ0v) is 14.0. The van der Waals surface area contributed by atoms with Crippen molar-refractivity contribution >= 4 is 0 Å². The minimum Gasteiger partial charge on any atom is -0.0654 e. The molecule has 0 aromatic heterocycles. The van der Waals surface area contributed by atoms with E-state index >= 15 is 0 Å². The van der Waals surface area contributed by atoms with Crippen molar-refractivity contribution < 1.29 is 0 Å². The minimum absolute atomic E-state index is 0.833. The van der Waals surface area contributed by atoms with E-state index in [0.29, 0.717) is 0 Å². The van der Waals surface area contributed by atoms with Crippen LogP contribution in [0.3, 0.4) is 0 Å². The van der Waals surface area contributed by atoms with Gasteiger partial charge in [0.2, 0.25) is 0 Å². The van der Waals surface area contributed by atoms with Gasteiger partial charge in [-0.2, -0.15) is 0 Å². The summed E-state index contributed by atoms with van der Waals surface area (Å²) in [6.45, 7) is 21.7. The van der Waals surface area contributed by atoms with Gasteiger partial charge in [0.15, 0.2) is 0 Å². The molecule has 0 aromatic carbocycles. The summed E-state index contributed by atoms with van der Waals surface area (Å²) in [5.41, 5.74) is 0. The van der Waals surface area contributed by atoms with Crippen LogP contribution in [0.2, 0.25) is 0 Å². The quantitative estimate of drug-likeness (QED) is 0.484. The fraction of sp³-hybridized carbons (Fsp3) is 1.00. The van der Waals surface area contributed by atoms with Gasteiger partial charge < -0.3 is 0 Å². The van der Waals surface area contributed by atoms with Gasteiger partial charge in [0.25, 0.3) is 0 Å². The second kappa shape index (κ2) is 29.4. The van der Waals surface area contributed by atoms with Crippen molar-refractivity contribution in [3.63, 3.8) is 0 Å². The lowest BCUT2D eigenvalue weighted by Gasteiger charge is -1.79. The zero-order valence-electron chi connectivity index (χ0n) is 14.0. The average Bonchev–Trinajstić information content (AvgIpc) is 2.16. The Morgan fingerprint density at radius 1 is 0.438 bits per heavy atom. The van der Waals surface area contributed by atoms with E-state index in [9.17, 15) is 0 Å². The molecule has 0 nitrogen and oxygen atoms in total. The maximum absolute atomic E-state index is 2.18. The van der Waals surface area contributed by atoms with E-state index in [-0.39, 0.29) is 0 Å². The van der Waals surface area contributed by atoms with E-state index in [1.807, 2.05) is 0 Å². The smallest absolute Gasteiger partial charge is 0.0500 e. The Balaban J connectivity index is -0.0000000600. The van der Waals surface area contributed by atoms with Crippen LogP contribution in [-0.2, 0) is 0 Å². The van der Waals surface area contributed by atoms with Crippen molar-refractivity contribution in [3.8, 4) is 0 Å². The predicted octanol–water partition coefficient (Wildman–Crippen LogP) is 6.94. The van der Waals surface area contributed by atoms with Crippen molar-refractivity contribution in [2.45, 2.75) is 94.9 Å². The molecule has 0 rings (SSSR count). The summed E-state index contributed by atoms with van der Waals surface area (Å²) in [6, 6.07) is 0. The highest BCUT2D eigenvalue weighted by Gasteiger charge is 1.68. The second-order valence-corrected chi connectivity index (χ2v) is 5.46. The van der Waals surface area contributed by atoms with Crippen molar-refractivity contribution in [1.82, 2.24) is 0 Å². The summed E-state index contributed by atoms with van der Waals surface area (Å²) in [6.07, 6.45) is 5.28. The van der Waals surface area contributed by atoms with Gasteiger partial charge in [-0.3, -0.25) is 0 Å². The van der Waals surface area contributed by atoms with Crippen LogP contribution in [0, 0.1) is 11.8 Å². The lowest BCUT2D eigenvalue weighted by molar-refractivity contribution is 0.736. The molecule has 0 radical (unpaired) electrons. The molecule has 104 valence electrons. The summed E-state index contributed by atoms with van der Waals surface area (Å²) in [7, 11) is 0. The van der Waals surface area contributed by atoms with E-state index in [1.54, 1.807) is 0 Å². The summed E-state index contributed by atoms with van der Waals surface area (Å²) < 4.78 is 0. The van der Waals surface area contributed by atoms with Crippen molar-refractivity contribution in [2.24, 2.45) is 11.8 Å². The molecule has 0 atom stereocenters. The number of hydrogen-bond donors (Lipinski definition) is 0. The molecule has 0 aliphatic heterocycles. The summed E-state index contributed by atoms with van der Waals surface area (Å²) in [5.74, 6) is 1.67. The average molecular weight is 232 g/mol. The third-order valence-corrected chi connectivity index (χ3v) is 1.000. The summed E-state index contributed by atoms with van der Waals surface area (Å²) in [4.78, 5) is 0. The first kappa shape index (κ1) is 25.0. The lowest BCUT2D eigenvalue weighted by Crippen LogP contribution is -1.66. The molecule has 0 aliphatic rings. The molecule has 0 unspecified atom stereocenters. The first-order valence-corrected chi connectivity index (χ1v) is 7.29. The molecular formula is C16H40. The Morgan fingerprint density at radius 2 is 0.500 bits per heavy atom. The monoisotopic (exact) mass is 232 g/mol. The molecule has 0 amide bonds. The Kier molecular flexibility index (Phi) is 45.9. The maximum Gasteiger partial charge on any atom is -0.0500 e. The third kappa shape index (κ3) is 592. The molecule has 0 spiro atoms. The van der Waals surface area contributed by atoms with Crippen LogP contribution in [0.1, 0.15) is 94.9 Å². The molecule has 0 heterocycles. The van der Waals surface area contributed by atoms with E-state index in [4.69, 9.17) is 0 Å². The van der Waals surface area contributed by atoms with Crippen molar-refractivity contribution in [3.05, 3.63) is 0 Å². The summed E-state index contributed by atoms with van der Waals surface area (Å²) in [5, 5.41) is 0. The zero-order chi connectivity index (χ0) is 14.0. The molecule has 0 fully saturated rings. The second-order valence-electron chi connectivity index (χ2n) is 5.46. The van der Waals surface area contributed by atoms with Gasteiger partial charge in [-0.15, -0.1) is 0 Å². The molecular weight excluding hydrogens is 192 g/mol. The fourth-order valence-electron chi connectivity index (χ4n) is 0. The van der Waals surface area contributed by atoms with Gasteiger partial charge in [0.05, 0.1) is 0 Å². The van der Waals surface area contributed by atoms with Crippen molar-refractivity contribution in [1.29, 1.82) is 0 Å². The minimum atomic E-state index is 0.833. The summed E-state index contributed by atoms with van der Waals surface area (Å²) >= 11 is 0. The predicted molar refractivity (Wildman–Crippen MR) is 82.2 cm³/mol. The Labute approximate surface area is 107 Å². The third-order valence-electron chi connectivity index (χ3n) is 1.000. The van der Waals surface area contributed by atoms with Crippen LogP contribution < -0.4 is 0 Å². The molecule has 0 saturated carbocycles. The molecule has 0 saturated heterocycles. The van der Waals surface area contributed by atoms with Gasteiger partial charge >= 0.3 is 0 Å². The standard InChI is InChI=1S/4C4H10/c2*1-4(2)3;2*1-3-4-2/h2*4H,1-3H3;2*3-4H2,1-2H3. The Morgan fingerprint density at radius 3 is 0.500 bits per heavy atom. The van der Waals surface area contributed by atoms with Gasteiger partial charge in [-0.25, -0.2) is 0 Å². The maximum atomic E-state index is 2.18. The highest BCUT2D eigenvalue weighted by atomic mass is 13.7. The number of unbranched alkanes of at least 4 members (excludes halogenated alkanes) is 2. The van der Waals surface area contributed by atoms with Crippen LogP contribution in [0.25, 0.3) is 0 Å². The first-order chi connectivity index (χ1) is 7.29. The number of hydrogen-bond acceptors (Lipinski definition) is 0. The molecule has 0 N–H and O–H groups in total. The molecule has 0 bridgehead atoms. The van der Waals surface area contributed by atoms with Gasteiger partial charge in [-0.05, 0) is 11.8 Å². The largest absolute Gasteiger partial charge is 0.0654 e. The Hall–Kier alpha value is 0.